The van der Waals surface area contributed by atoms with E-state index in [1.54, 1.807) is 23.3 Å². The molecule has 4 rings (SSSR count). The van der Waals surface area contributed by atoms with Crippen molar-refractivity contribution in [1.29, 1.82) is 0 Å². The monoisotopic (exact) mass is 346 g/mol. The summed E-state index contributed by atoms with van der Waals surface area (Å²) in [6.45, 7) is 0.583. The fourth-order valence-electron chi connectivity index (χ4n) is 2.64. The van der Waals surface area contributed by atoms with Crippen LogP contribution < -0.4 is 16.4 Å². The van der Waals surface area contributed by atoms with Crippen molar-refractivity contribution in [3.05, 3.63) is 60.7 Å². The van der Waals surface area contributed by atoms with Crippen molar-refractivity contribution in [2.24, 2.45) is 7.05 Å². The second-order valence-electron chi connectivity index (χ2n) is 5.90. The molecule has 8 heteroatoms. The van der Waals surface area contributed by atoms with Crippen molar-refractivity contribution in [1.82, 2.24) is 24.7 Å². The van der Waals surface area contributed by atoms with Gasteiger partial charge in [-0.2, -0.15) is 5.10 Å². The summed E-state index contributed by atoms with van der Waals surface area (Å²) >= 11 is 0. The molecule has 0 aliphatic heterocycles. The predicted octanol–water partition coefficient (Wildman–Crippen LogP) is 2.70. The summed E-state index contributed by atoms with van der Waals surface area (Å²) in [6.07, 6.45) is 6.95. The van der Waals surface area contributed by atoms with Gasteiger partial charge in [0.2, 0.25) is 0 Å². The van der Waals surface area contributed by atoms with Crippen LogP contribution in [0.4, 0.5) is 23.1 Å². The van der Waals surface area contributed by atoms with E-state index in [2.05, 4.69) is 36.8 Å². The minimum atomic E-state index is 0.351. The molecule has 0 saturated heterocycles. The normalized spacial score (nSPS) is 10.8. The van der Waals surface area contributed by atoms with Crippen LogP contribution in [0.3, 0.4) is 0 Å². The summed E-state index contributed by atoms with van der Waals surface area (Å²) in [5.74, 6) is 1.48. The number of hydrogen-bond donors (Lipinski definition) is 3. The lowest BCUT2D eigenvalue weighted by Crippen LogP contribution is -2.07. The van der Waals surface area contributed by atoms with Crippen LogP contribution in [0.25, 0.3) is 10.9 Å². The maximum Gasteiger partial charge on any atom is 0.171 e. The third kappa shape index (κ3) is 3.39. The van der Waals surface area contributed by atoms with E-state index in [0.717, 1.165) is 22.2 Å². The Hall–Kier alpha value is -3.68. The van der Waals surface area contributed by atoms with Gasteiger partial charge in [0.05, 0.1) is 23.6 Å². The molecule has 0 fully saturated rings. The molecule has 1 aromatic carbocycles. The van der Waals surface area contributed by atoms with Crippen LogP contribution >= 0.6 is 0 Å². The van der Waals surface area contributed by atoms with Gasteiger partial charge in [-0.05, 0) is 23.8 Å². The minimum absolute atomic E-state index is 0.351. The molecule has 0 aliphatic rings. The largest absolute Gasteiger partial charge is 0.381 e. The maximum atomic E-state index is 5.95. The van der Waals surface area contributed by atoms with Crippen molar-refractivity contribution < 1.29 is 0 Å². The van der Waals surface area contributed by atoms with Crippen molar-refractivity contribution in [3.63, 3.8) is 0 Å². The number of benzene rings is 1. The number of aromatic nitrogens is 5. The van der Waals surface area contributed by atoms with Crippen LogP contribution in [0.1, 0.15) is 5.56 Å². The van der Waals surface area contributed by atoms with E-state index in [-0.39, 0.29) is 0 Å². The van der Waals surface area contributed by atoms with Crippen LogP contribution in [0.15, 0.2) is 55.1 Å². The molecule has 4 N–H and O–H groups in total. The number of nitrogens with one attached hydrogen (secondary N) is 2. The van der Waals surface area contributed by atoms with Crippen LogP contribution in [-0.4, -0.2) is 24.7 Å². The summed E-state index contributed by atoms with van der Waals surface area (Å²) in [4.78, 5) is 13.0. The first-order valence-corrected chi connectivity index (χ1v) is 8.13. The van der Waals surface area contributed by atoms with E-state index in [1.807, 2.05) is 37.5 Å². The number of hydrogen-bond acceptors (Lipinski definition) is 7. The molecule has 0 bridgehead atoms. The topological polar surface area (TPSA) is 107 Å². The SMILES string of the molecule is Cn1cc(Nc2cnc(N)c(NCc3ccc4ncccc4c3)n2)cn1. The zero-order valence-electron chi connectivity index (χ0n) is 14.2. The van der Waals surface area contributed by atoms with E-state index in [4.69, 9.17) is 5.73 Å². The molecule has 0 radical (unpaired) electrons. The average Bonchev–Trinajstić information content (AvgIpc) is 3.06. The number of aryl methyl sites for hydroxylation is 1. The van der Waals surface area contributed by atoms with Gasteiger partial charge in [0.1, 0.15) is 0 Å². The van der Waals surface area contributed by atoms with Gasteiger partial charge < -0.3 is 16.4 Å². The van der Waals surface area contributed by atoms with Gasteiger partial charge in [0.15, 0.2) is 17.5 Å². The van der Waals surface area contributed by atoms with Gasteiger partial charge in [0.25, 0.3) is 0 Å². The summed E-state index contributed by atoms with van der Waals surface area (Å²) in [5, 5.41) is 11.6. The number of nitrogen functional groups attached to an aromatic ring is 1. The van der Waals surface area contributed by atoms with Crippen molar-refractivity contribution in [3.8, 4) is 0 Å². The number of pyridine rings is 1. The third-order valence-electron chi connectivity index (χ3n) is 3.91. The molecule has 3 aromatic heterocycles. The zero-order valence-corrected chi connectivity index (χ0v) is 14.2. The minimum Gasteiger partial charge on any atom is -0.381 e. The number of fused-ring (bicyclic) bond motifs is 1. The average molecular weight is 346 g/mol. The third-order valence-corrected chi connectivity index (χ3v) is 3.91. The maximum absolute atomic E-state index is 5.95. The summed E-state index contributed by atoms with van der Waals surface area (Å²) in [7, 11) is 1.85. The number of nitrogens with zero attached hydrogens (tertiary/aromatic N) is 5. The fraction of sp³-hybridized carbons (Fsp3) is 0.111. The molecule has 130 valence electrons. The first kappa shape index (κ1) is 15.8. The highest BCUT2D eigenvalue weighted by Gasteiger charge is 2.06. The van der Waals surface area contributed by atoms with Crippen LogP contribution in [0.5, 0.6) is 0 Å². The summed E-state index contributed by atoms with van der Waals surface area (Å²) in [6, 6.07) is 10.1. The molecule has 0 aliphatic carbocycles. The van der Waals surface area contributed by atoms with E-state index in [0.29, 0.717) is 24.0 Å². The van der Waals surface area contributed by atoms with Crippen LogP contribution in [0.2, 0.25) is 0 Å². The molecule has 0 unspecified atom stereocenters. The lowest BCUT2D eigenvalue weighted by molar-refractivity contribution is 0.768. The molecule has 0 saturated carbocycles. The van der Waals surface area contributed by atoms with Crippen molar-refractivity contribution in [2.45, 2.75) is 6.54 Å². The van der Waals surface area contributed by atoms with Gasteiger partial charge in [-0.25, -0.2) is 9.97 Å². The molecule has 0 atom stereocenters. The lowest BCUT2D eigenvalue weighted by Gasteiger charge is -2.10. The highest BCUT2D eigenvalue weighted by Crippen LogP contribution is 2.20. The summed E-state index contributed by atoms with van der Waals surface area (Å²) < 4.78 is 1.71. The molecule has 0 spiro atoms. The molecule has 3 heterocycles. The zero-order chi connectivity index (χ0) is 17.9. The first-order valence-electron chi connectivity index (χ1n) is 8.13. The molecule has 4 aromatic rings. The van der Waals surface area contributed by atoms with Gasteiger partial charge in [0, 0.05) is 31.4 Å². The Kier molecular flexibility index (Phi) is 4.06. The standard InChI is InChI=1S/C18H18N8/c1-26-11-14(9-23-26)24-16-10-21-17(19)18(25-16)22-8-12-4-5-15-13(7-12)3-2-6-20-15/h2-7,9-11H,8H2,1H3,(H2,19,21)(H2,22,24,25). The van der Waals surface area contributed by atoms with E-state index >= 15 is 0 Å². The Labute approximate surface area is 150 Å². The van der Waals surface area contributed by atoms with Gasteiger partial charge in [-0.1, -0.05) is 12.1 Å². The van der Waals surface area contributed by atoms with Gasteiger partial charge in [-0.3, -0.25) is 9.67 Å². The van der Waals surface area contributed by atoms with Crippen molar-refractivity contribution >= 4 is 34.0 Å². The number of rotatable bonds is 5. The Bertz CT molecular complexity index is 1060. The molecule has 0 amide bonds. The molecular weight excluding hydrogens is 328 g/mol. The lowest BCUT2D eigenvalue weighted by atomic mass is 10.1. The Morgan fingerprint density at radius 2 is 2.08 bits per heavy atom. The first-order chi connectivity index (χ1) is 12.7. The molecular formula is C18H18N8. The highest BCUT2D eigenvalue weighted by atomic mass is 15.3. The Balaban J connectivity index is 1.50. The Morgan fingerprint density at radius 1 is 1.15 bits per heavy atom. The van der Waals surface area contributed by atoms with Crippen LogP contribution in [0, 0.1) is 0 Å². The highest BCUT2D eigenvalue weighted by molar-refractivity contribution is 5.79. The van der Waals surface area contributed by atoms with Crippen LogP contribution in [-0.2, 0) is 13.6 Å². The second kappa shape index (κ2) is 6.67. The predicted molar refractivity (Wildman–Crippen MR) is 102 cm³/mol. The number of anilines is 4. The van der Waals surface area contributed by atoms with Gasteiger partial charge >= 0.3 is 0 Å². The number of nitrogens with two attached hydrogens (primary N) is 1. The quantitative estimate of drug-likeness (QED) is 0.510. The molecule has 26 heavy (non-hydrogen) atoms. The van der Waals surface area contributed by atoms with E-state index in [1.165, 1.54) is 0 Å². The Morgan fingerprint density at radius 3 is 2.92 bits per heavy atom. The van der Waals surface area contributed by atoms with E-state index < -0.39 is 0 Å². The molecule has 8 nitrogen and oxygen atoms in total. The second-order valence-corrected chi connectivity index (χ2v) is 5.90. The smallest absolute Gasteiger partial charge is 0.171 e. The van der Waals surface area contributed by atoms with Gasteiger partial charge in [-0.15, -0.1) is 0 Å². The van der Waals surface area contributed by atoms with E-state index in [9.17, 15) is 0 Å². The fourth-order valence-corrected chi connectivity index (χ4v) is 2.64. The van der Waals surface area contributed by atoms with Crippen molar-refractivity contribution in [2.75, 3.05) is 16.4 Å². The summed E-state index contributed by atoms with van der Waals surface area (Å²) in [5.41, 5.74) is 8.86.